The summed E-state index contributed by atoms with van der Waals surface area (Å²) in [5, 5.41) is 102. The minimum atomic E-state index is -1.91. The van der Waals surface area contributed by atoms with Crippen LogP contribution >= 0.6 is 0 Å². The average molecular weight is 611 g/mol. The molecule has 10 N–H and O–H groups in total. The summed E-state index contributed by atoms with van der Waals surface area (Å²) in [5.41, 5.74) is -1.45. The van der Waals surface area contributed by atoms with Gasteiger partial charge < -0.3 is 74.4 Å². The molecule has 43 heavy (non-hydrogen) atoms. The SMILES string of the molecule is C[C@@H]1O[C@@H](O[C@H]2[C@H](Oc3c(-c4ccc(O)c(O)c4O)oc4cc(O)ccc4c3=O)O[C@H](CO)[C@H](O)[C@@H]2O)[C@H](O)[C@H](O)[C@@H]1O. The first-order valence-electron chi connectivity index (χ1n) is 13.0. The first kappa shape index (κ1) is 30.7. The molecule has 5 rings (SSSR count). The summed E-state index contributed by atoms with van der Waals surface area (Å²) in [5.74, 6) is -4.12. The Morgan fingerprint density at radius 3 is 2.23 bits per heavy atom. The second-order valence-electron chi connectivity index (χ2n) is 10.2. The smallest absolute Gasteiger partial charge is 0.235 e. The molecule has 0 bridgehead atoms. The van der Waals surface area contributed by atoms with Crippen molar-refractivity contribution >= 4 is 11.0 Å². The van der Waals surface area contributed by atoms with Gasteiger partial charge >= 0.3 is 0 Å². The third kappa shape index (κ3) is 5.44. The lowest BCUT2D eigenvalue weighted by Gasteiger charge is -2.45. The number of hydrogen-bond donors (Lipinski definition) is 10. The van der Waals surface area contributed by atoms with Gasteiger partial charge in [0.2, 0.25) is 23.2 Å². The summed E-state index contributed by atoms with van der Waals surface area (Å²) in [6.07, 6.45) is -16.7. The van der Waals surface area contributed by atoms with E-state index in [9.17, 15) is 55.9 Å². The molecule has 1 aromatic heterocycles. The van der Waals surface area contributed by atoms with Gasteiger partial charge in [0.15, 0.2) is 29.7 Å². The maximum Gasteiger partial charge on any atom is 0.235 e. The largest absolute Gasteiger partial charge is 0.508 e. The Balaban J connectivity index is 1.62. The number of hydrogen-bond acceptors (Lipinski definition) is 16. The Morgan fingerprint density at radius 2 is 1.53 bits per heavy atom. The minimum Gasteiger partial charge on any atom is -0.508 e. The van der Waals surface area contributed by atoms with Gasteiger partial charge in [-0.2, -0.15) is 0 Å². The molecule has 0 amide bonds. The fourth-order valence-electron chi connectivity index (χ4n) is 4.89. The zero-order valence-electron chi connectivity index (χ0n) is 22.3. The van der Waals surface area contributed by atoms with Crippen LogP contribution in [0, 0.1) is 0 Å². The van der Waals surface area contributed by atoms with Gasteiger partial charge in [0.1, 0.15) is 48.0 Å². The first-order valence-corrected chi connectivity index (χ1v) is 13.0. The van der Waals surface area contributed by atoms with Crippen molar-refractivity contribution in [3.8, 4) is 40.1 Å². The maximum absolute atomic E-state index is 13.7. The molecule has 0 aliphatic carbocycles. The van der Waals surface area contributed by atoms with Crippen LogP contribution < -0.4 is 10.2 Å². The lowest BCUT2D eigenvalue weighted by molar-refractivity contribution is -0.354. The third-order valence-electron chi connectivity index (χ3n) is 7.37. The second kappa shape index (κ2) is 11.8. The fourth-order valence-corrected chi connectivity index (χ4v) is 4.89. The molecule has 0 saturated carbocycles. The Bertz CT molecular complexity index is 1540. The van der Waals surface area contributed by atoms with E-state index in [1.165, 1.54) is 19.1 Å². The van der Waals surface area contributed by atoms with Gasteiger partial charge in [-0.05, 0) is 31.2 Å². The zero-order chi connectivity index (χ0) is 31.3. The van der Waals surface area contributed by atoms with Crippen molar-refractivity contribution in [1.29, 1.82) is 0 Å². The molecule has 3 aromatic rings. The number of fused-ring (bicyclic) bond motifs is 1. The Kier molecular flexibility index (Phi) is 8.41. The summed E-state index contributed by atoms with van der Waals surface area (Å²) < 4.78 is 28.3. The number of benzene rings is 2. The average Bonchev–Trinajstić information content (AvgIpc) is 2.98. The third-order valence-corrected chi connectivity index (χ3v) is 7.37. The molecule has 234 valence electrons. The standard InChI is InChI=1S/C27H30O16/c1-8-15(31)20(36)22(38)26(39-8)43-25-21(37)19(35)14(7-28)41-27(25)42-24-17(33)10-3-2-9(29)6-13(10)40-23(24)11-4-5-12(30)18(34)16(11)32/h2-6,8,14-15,19-22,25-32,34-38H,7H2,1H3/t8-,14+,15+,19-,20+,21-,22+,25+,26-,27-/m0/s1. The fraction of sp³-hybridized carbons (Fsp3) is 0.444. The van der Waals surface area contributed by atoms with E-state index in [4.69, 9.17) is 23.4 Å². The molecule has 2 aliphatic rings. The number of aliphatic hydroxyl groups excluding tert-OH is 6. The van der Waals surface area contributed by atoms with E-state index in [1.807, 2.05) is 0 Å². The Morgan fingerprint density at radius 1 is 0.814 bits per heavy atom. The number of rotatable bonds is 6. The van der Waals surface area contributed by atoms with Crippen LogP contribution in [0.2, 0.25) is 0 Å². The molecule has 0 radical (unpaired) electrons. The monoisotopic (exact) mass is 610 g/mol. The topological polar surface area (TPSA) is 269 Å². The van der Waals surface area contributed by atoms with Crippen LogP contribution in [0.1, 0.15) is 6.92 Å². The Labute approximate surface area is 241 Å². The molecule has 3 heterocycles. The molecule has 16 heteroatoms. The van der Waals surface area contributed by atoms with Gasteiger partial charge in [-0.15, -0.1) is 0 Å². The molecular weight excluding hydrogens is 580 g/mol. The molecular formula is C27H30O16. The number of phenolic OH excluding ortho intramolecular Hbond substituents is 4. The van der Waals surface area contributed by atoms with E-state index in [0.717, 1.165) is 18.2 Å². The van der Waals surface area contributed by atoms with Crippen molar-refractivity contribution in [3.63, 3.8) is 0 Å². The predicted molar refractivity (Wildman–Crippen MR) is 140 cm³/mol. The van der Waals surface area contributed by atoms with Crippen LogP contribution in [-0.2, 0) is 14.2 Å². The van der Waals surface area contributed by atoms with E-state index in [-0.39, 0.29) is 22.3 Å². The highest BCUT2D eigenvalue weighted by Crippen LogP contribution is 2.45. The van der Waals surface area contributed by atoms with Crippen molar-refractivity contribution in [2.24, 2.45) is 0 Å². The van der Waals surface area contributed by atoms with Gasteiger partial charge in [-0.3, -0.25) is 4.79 Å². The summed E-state index contributed by atoms with van der Waals surface area (Å²) in [6.45, 7) is 0.541. The molecule has 2 aliphatic heterocycles. The first-order chi connectivity index (χ1) is 20.3. The van der Waals surface area contributed by atoms with Crippen molar-refractivity contribution in [1.82, 2.24) is 0 Å². The van der Waals surface area contributed by atoms with Crippen LogP contribution in [0.5, 0.6) is 28.7 Å². The van der Waals surface area contributed by atoms with E-state index in [2.05, 4.69) is 0 Å². The summed E-state index contributed by atoms with van der Waals surface area (Å²) in [4.78, 5) is 13.7. The normalized spacial score (nSPS) is 33.0. The van der Waals surface area contributed by atoms with Crippen LogP contribution in [0.3, 0.4) is 0 Å². The number of phenols is 4. The molecule has 16 nitrogen and oxygen atoms in total. The molecule has 2 saturated heterocycles. The molecule has 0 spiro atoms. The van der Waals surface area contributed by atoms with Crippen molar-refractivity contribution in [2.75, 3.05) is 6.61 Å². The van der Waals surface area contributed by atoms with Crippen molar-refractivity contribution in [2.45, 2.75) is 68.3 Å². The summed E-state index contributed by atoms with van der Waals surface area (Å²) in [6, 6.07) is 5.53. The highest BCUT2D eigenvalue weighted by molar-refractivity contribution is 5.85. The minimum absolute atomic E-state index is 0.136. The molecule has 2 aromatic carbocycles. The summed E-state index contributed by atoms with van der Waals surface area (Å²) in [7, 11) is 0. The quantitative estimate of drug-likeness (QED) is 0.140. The van der Waals surface area contributed by atoms with E-state index >= 15 is 0 Å². The summed E-state index contributed by atoms with van der Waals surface area (Å²) >= 11 is 0. The molecule has 10 atom stereocenters. The van der Waals surface area contributed by atoms with Gasteiger partial charge in [0.25, 0.3) is 0 Å². The number of ether oxygens (including phenoxy) is 4. The van der Waals surface area contributed by atoms with E-state index in [0.29, 0.717) is 0 Å². The maximum atomic E-state index is 13.7. The van der Waals surface area contributed by atoms with Crippen LogP contribution in [-0.4, -0.2) is 119 Å². The zero-order valence-corrected chi connectivity index (χ0v) is 22.3. The van der Waals surface area contributed by atoms with E-state index < -0.39 is 102 Å². The van der Waals surface area contributed by atoms with Crippen molar-refractivity contribution in [3.05, 3.63) is 40.6 Å². The van der Waals surface area contributed by atoms with Gasteiger partial charge in [-0.25, -0.2) is 0 Å². The number of aromatic hydroxyl groups is 4. The number of aliphatic hydroxyl groups is 6. The lowest BCUT2D eigenvalue weighted by Crippen LogP contribution is -2.64. The second-order valence-corrected chi connectivity index (χ2v) is 10.2. The van der Waals surface area contributed by atoms with Crippen LogP contribution in [0.4, 0.5) is 0 Å². The highest BCUT2D eigenvalue weighted by Gasteiger charge is 2.51. The van der Waals surface area contributed by atoms with Gasteiger partial charge in [0.05, 0.1) is 23.7 Å². The highest BCUT2D eigenvalue weighted by atomic mass is 16.8. The molecule has 0 unspecified atom stereocenters. The van der Waals surface area contributed by atoms with Gasteiger partial charge in [-0.1, -0.05) is 0 Å². The van der Waals surface area contributed by atoms with Gasteiger partial charge in [0, 0.05) is 6.07 Å². The predicted octanol–water partition coefficient (Wildman–Crippen LogP) is -1.69. The Hall–Kier alpha value is -3.71. The molecule has 2 fully saturated rings. The van der Waals surface area contributed by atoms with Crippen molar-refractivity contribution < 1.29 is 74.4 Å². The lowest BCUT2D eigenvalue weighted by atomic mass is 9.97. The van der Waals surface area contributed by atoms with E-state index in [1.54, 1.807) is 0 Å². The van der Waals surface area contributed by atoms with Crippen LogP contribution in [0.15, 0.2) is 39.5 Å². The van der Waals surface area contributed by atoms with Crippen LogP contribution in [0.25, 0.3) is 22.3 Å².